The molecule has 1 N–H and O–H groups in total. The van der Waals surface area contributed by atoms with E-state index in [9.17, 15) is 14.7 Å². The maximum absolute atomic E-state index is 13.4. The van der Waals surface area contributed by atoms with E-state index in [1.165, 1.54) is 25.4 Å². The number of ether oxygens (including phenoxy) is 2. The van der Waals surface area contributed by atoms with E-state index >= 15 is 0 Å². The molecule has 1 aromatic heterocycles. The number of nitrogens with zero attached hydrogens (tertiary/aromatic N) is 1. The highest BCUT2D eigenvalue weighted by atomic mass is 16.5. The fraction of sp³-hybridized carbons (Fsp3) is 0.111. The molecule has 1 amide bonds. The lowest BCUT2D eigenvalue weighted by Crippen LogP contribution is -2.29. The first-order valence-electron chi connectivity index (χ1n) is 10.6. The first kappa shape index (κ1) is 21.3. The van der Waals surface area contributed by atoms with E-state index in [2.05, 4.69) is 0 Å². The average Bonchev–Trinajstić information content (AvgIpc) is 3.49. The number of benzene rings is 3. The number of aliphatic hydroxyl groups excluding tert-OH is 1. The van der Waals surface area contributed by atoms with Gasteiger partial charge in [-0.15, -0.1) is 0 Å². The number of amides is 1. The summed E-state index contributed by atoms with van der Waals surface area (Å²) in [4.78, 5) is 28.1. The lowest BCUT2D eigenvalue weighted by Gasteiger charge is -2.25. The molecule has 1 atom stereocenters. The molecule has 1 aliphatic rings. The fourth-order valence-electron chi connectivity index (χ4n) is 4.35. The van der Waals surface area contributed by atoms with Crippen molar-refractivity contribution in [3.8, 4) is 11.5 Å². The summed E-state index contributed by atoms with van der Waals surface area (Å²) in [7, 11) is 2.96. The summed E-state index contributed by atoms with van der Waals surface area (Å²) in [6, 6.07) is 20.3. The predicted octanol–water partition coefficient (Wildman–Crippen LogP) is 5.08. The molecule has 7 nitrogen and oxygen atoms in total. The second-order valence-electron chi connectivity index (χ2n) is 7.75. The van der Waals surface area contributed by atoms with Crippen molar-refractivity contribution in [1.82, 2.24) is 0 Å². The molecule has 5 rings (SSSR count). The minimum atomic E-state index is -0.965. The maximum atomic E-state index is 13.4. The molecule has 7 heteroatoms. The standard InChI is InChI=1S/C27H21NO6/c1-32-17-12-13-19(22(15-17)33-2)25(29)23-24(21-11-6-14-34-21)28(27(31)26(23)30)20-10-5-8-16-7-3-4-9-18(16)20/h3-15,24,29H,1-2H3/b25-23-. The molecular formula is C27H21NO6. The van der Waals surface area contributed by atoms with Gasteiger partial charge in [0.1, 0.15) is 29.1 Å². The zero-order valence-corrected chi connectivity index (χ0v) is 18.5. The Morgan fingerprint density at radius 2 is 1.74 bits per heavy atom. The highest BCUT2D eigenvalue weighted by Crippen LogP contribution is 2.45. The quantitative estimate of drug-likeness (QED) is 0.257. The van der Waals surface area contributed by atoms with Crippen LogP contribution in [-0.2, 0) is 9.59 Å². The van der Waals surface area contributed by atoms with Crippen molar-refractivity contribution in [1.29, 1.82) is 0 Å². The molecule has 1 fully saturated rings. The summed E-state index contributed by atoms with van der Waals surface area (Å²) >= 11 is 0. The van der Waals surface area contributed by atoms with Crippen LogP contribution in [0.4, 0.5) is 5.69 Å². The molecule has 0 aliphatic carbocycles. The second kappa shape index (κ2) is 8.44. The Balaban J connectivity index is 1.76. The van der Waals surface area contributed by atoms with Crippen LogP contribution in [0.2, 0.25) is 0 Å². The number of carbonyl (C=O) groups is 2. The number of ketones is 1. The SMILES string of the molecule is COc1ccc(/C(O)=C2/C(=O)C(=O)N(c3cccc4ccccc34)C2c2ccco2)c(OC)c1. The van der Waals surface area contributed by atoms with E-state index in [4.69, 9.17) is 13.9 Å². The highest BCUT2D eigenvalue weighted by molar-refractivity contribution is 6.52. The molecule has 1 aliphatic heterocycles. The van der Waals surface area contributed by atoms with Crippen molar-refractivity contribution in [2.24, 2.45) is 0 Å². The average molecular weight is 455 g/mol. The zero-order valence-electron chi connectivity index (χ0n) is 18.5. The summed E-state index contributed by atoms with van der Waals surface area (Å²) < 4.78 is 16.3. The molecule has 0 saturated carbocycles. The van der Waals surface area contributed by atoms with Crippen molar-refractivity contribution in [2.75, 3.05) is 19.1 Å². The number of Topliss-reactive ketones (excluding diaryl/α,β-unsaturated/α-hetero) is 1. The number of hydrogen-bond donors (Lipinski definition) is 1. The Bertz CT molecular complexity index is 1430. The van der Waals surface area contributed by atoms with E-state index in [0.717, 1.165) is 10.8 Å². The van der Waals surface area contributed by atoms with Gasteiger partial charge < -0.3 is 19.0 Å². The normalized spacial score (nSPS) is 17.4. The van der Waals surface area contributed by atoms with E-state index < -0.39 is 17.7 Å². The lowest BCUT2D eigenvalue weighted by atomic mass is 9.98. The molecule has 0 radical (unpaired) electrons. The number of aliphatic hydroxyl groups is 1. The third kappa shape index (κ3) is 3.29. The van der Waals surface area contributed by atoms with Crippen LogP contribution in [0.1, 0.15) is 17.4 Å². The van der Waals surface area contributed by atoms with Crippen molar-refractivity contribution < 1.29 is 28.6 Å². The van der Waals surface area contributed by atoms with Gasteiger partial charge in [-0.05, 0) is 35.7 Å². The number of methoxy groups -OCH3 is 2. The molecule has 2 heterocycles. The number of rotatable bonds is 5. The van der Waals surface area contributed by atoms with Crippen LogP contribution < -0.4 is 14.4 Å². The number of anilines is 1. The number of furan rings is 1. The van der Waals surface area contributed by atoms with Crippen molar-refractivity contribution in [2.45, 2.75) is 6.04 Å². The Labute approximate surface area is 195 Å². The minimum Gasteiger partial charge on any atom is -0.507 e. The summed E-state index contributed by atoms with van der Waals surface area (Å²) in [6.07, 6.45) is 1.46. The van der Waals surface area contributed by atoms with Crippen LogP contribution >= 0.6 is 0 Å². The molecule has 1 saturated heterocycles. The summed E-state index contributed by atoms with van der Waals surface area (Å²) in [5.74, 6) is -0.766. The molecule has 170 valence electrons. The van der Waals surface area contributed by atoms with Crippen LogP contribution in [0.5, 0.6) is 11.5 Å². The second-order valence-corrected chi connectivity index (χ2v) is 7.75. The van der Waals surface area contributed by atoms with Crippen molar-refractivity contribution in [3.05, 3.63) is 96.0 Å². The Morgan fingerprint density at radius 1 is 0.941 bits per heavy atom. The lowest BCUT2D eigenvalue weighted by molar-refractivity contribution is -0.132. The third-order valence-corrected chi connectivity index (χ3v) is 5.95. The van der Waals surface area contributed by atoms with Gasteiger partial charge in [-0.3, -0.25) is 14.5 Å². The van der Waals surface area contributed by atoms with E-state index in [0.29, 0.717) is 22.9 Å². The van der Waals surface area contributed by atoms with Crippen LogP contribution in [0, 0.1) is 0 Å². The Kier molecular flexibility index (Phi) is 5.30. The van der Waals surface area contributed by atoms with Crippen molar-refractivity contribution in [3.63, 3.8) is 0 Å². The van der Waals surface area contributed by atoms with Gasteiger partial charge in [0.2, 0.25) is 0 Å². The molecule has 34 heavy (non-hydrogen) atoms. The van der Waals surface area contributed by atoms with Gasteiger partial charge in [0.15, 0.2) is 0 Å². The largest absolute Gasteiger partial charge is 0.507 e. The van der Waals surface area contributed by atoms with E-state index in [-0.39, 0.29) is 16.9 Å². The molecule has 3 aromatic carbocycles. The summed E-state index contributed by atoms with van der Waals surface area (Å²) in [6.45, 7) is 0. The molecule has 1 unspecified atom stereocenters. The van der Waals surface area contributed by atoms with Crippen LogP contribution in [0.3, 0.4) is 0 Å². The molecule has 0 spiro atoms. The van der Waals surface area contributed by atoms with Gasteiger partial charge in [0.25, 0.3) is 11.7 Å². The Hall–Kier alpha value is -4.52. The van der Waals surface area contributed by atoms with E-state index in [1.54, 1.807) is 36.4 Å². The van der Waals surface area contributed by atoms with Crippen LogP contribution in [0.15, 0.2) is 89.0 Å². The van der Waals surface area contributed by atoms with Gasteiger partial charge >= 0.3 is 0 Å². The van der Waals surface area contributed by atoms with Gasteiger partial charge in [-0.25, -0.2) is 0 Å². The summed E-state index contributed by atoms with van der Waals surface area (Å²) in [5, 5.41) is 13.1. The molecular weight excluding hydrogens is 434 g/mol. The highest BCUT2D eigenvalue weighted by Gasteiger charge is 2.49. The van der Waals surface area contributed by atoms with Crippen molar-refractivity contribution >= 4 is 33.9 Å². The number of carbonyl (C=O) groups excluding carboxylic acids is 2. The zero-order chi connectivity index (χ0) is 23.8. The van der Waals surface area contributed by atoms with Crippen LogP contribution in [-0.4, -0.2) is 31.0 Å². The predicted molar refractivity (Wildman–Crippen MR) is 127 cm³/mol. The minimum absolute atomic E-state index is 0.0867. The summed E-state index contributed by atoms with van der Waals surface area (Å²) in [5.41, 5.74) is 0.717. The first-order chi connectivity index (χ1) is 16.5. The molecule has 4 aromatic rings. The first-order valence-corrected chi connectivity index (χ1v) is 10.6. The van der Waals surface area contributed by atoms with Gasteiger partial charge in [-0.2, -0.15) is 0 Å². The number of hydrogen-bond acceptors (Lipinski definition) is 6. The maximum Gasteiger partial charge on any atom is 0.300 e. The topological polar surface area (TPSA) is 89.2 Å². The van der Waals surface area contributed by atoms with E-state index in [1.807, 2.05) is 36.4 Å². The van der Waals surface area contributed by atoms with Gasteiger partial charge in [-0.1, -0.05) is 36.4 Å². The van der Waals surface area contributed by atoms with Crippen LogP contribution in [0.25, 0.3) is 16.5 Å². The molecule has 0 bridgehead atoms. The number of fused-ring (bicyclic) bond motifs is 1. The van der Waals surface area contributed by atoms with Gasteiger partial charge in [0.05, 0.1) is 37.3 Å². The fourth-order valence-corrected chi connectivity index (χ4v) is 4.35. The van der Waals surface area contributed by atoms with Gasteiger partial charge in [0, 0.05) is 11.5 Å². The Morgan fingerprint density at radius 3 is 2.47 bits per heavy atom. The monoisotopic (exact) mass is 455 g/mol. The smallest absolute Gasteiger partial charge is 0.300 e. The third-order valence-electron chi connectivity index (χ3n) is 5.95.